The van der Waals surface area contributed by atoms with Gasteiger partial charge in [0.25, 0.3) is 0 Å². The van der Waals surface area contributed by atoms with Gasteiger partial charge in [0.2, 0.25) is 0 Å². The number of H-pyrrole nitrogens is 1. The predicted octanol–water partition coefficient (Wildman–Crippen LogP) is 4.35. The molecule has 0 amide bonds. The Hall–Kier alpha value is -1.44. The van der Waals surface area contributed by atoms with E-state index in [0.717, 1.165) is 21.3 Å². The van der Waals surface area contributed by atoms with E-state index in [2.05, 4.69) is 27.0 Å². The maximum Gasteiger partial charge on any atom is 0.121 e. The number of hydrogen-bond donors (Lipinski definition) is 1. The van der Waals surface area contributed by atoms with Crippen molar-refractivity contribution in [2.24, 2.45) is 0 Å². The maximum atomic E-state index is 8.90. The first-order valence-electron chi connectivity index (χ1n) is 5.02. The van der Waals surface area contributed by atoms with Crippen molar-refractivity contribution in [1.82, 2.24) is 4.98 Å². The van der Waals surface area contributed by atoms with Gasteiger partial charge in [0.05, 0.1) is 5.56 Å². The van der Waals surface area contributed by atoms with Crippen LogP contribution in [-0.4, -0.2) is 4.98 Å². The van der Waals surface area contributed by atoms with Crippen LogP contribution < -0.4 is 0 Å². The molecule has 0 aliphatic rings. The summed E-state index contributed by atoms with van der Waals surface area (Å²) in [5, 5.41) is 8.90. The fourth-order valence-electron chi connectivity index (χ4n) is 1.66. The van der Waals surface area contributed by atoms with E-state index in [9.17, 15) is 0 Å². The van der Waals surface area contributed by atoms with Gasteiger partial charge >= 0.3 is 0 Å². The van der Waals surface area contributed by atoms with Gasteiger partial charge in [-0.05, 0) is 36.2 Å². The normalized spacial score (nSPS) is 9.94. The molecule has 0 aliphatic carbocycles. The number of aromatic amines is 1. The fraction of sp³-hybridized carbons (Fsp3) is 0.0769. The Bertz CT molecular complexity index is 668. The second-order valence-electron chi connectivity index (χ2n) is 3.69. The minimum absolute atomic E-state index is 0.480. The van der Waals surface area contributed by atoms with Crippen molar-refractivity contribution in [2.45, 2.75) is 6.92 Å². The Balaban J connectivity index is 2.66. The fourth-order valence-corrected chi connectivity index (χ4v) is 2.27. The number of benzene rings is 1. The van der Waals surface area contributed by atoms with Gasteiger partial charge in [0.1, 0.15) is 10.7 Å². The lowest BCUT2D eigenvalue weighted by molar-refractivity contribution is 1.23. The SMILES string of the molecule is Cc1cc(C#N)c(=S)[nH]c1-c1cccc(Br)c1. The third-order valence-electron chi connectivity index (χ3n) is 2.47. The van der Waals surface area contributed by atoms with Crippen LogP contribution in [0, 0.1) is 22.9 Å². The molecular formula is C13H9BrN2S. The number of pyridine rings is 1. The van der Waals surface area contributed by atoms with E-state index in [4.69, 9.17) is 17.5 Å². The van der Waals surface area contributed by atoms with Crippen LogP contribution in [0.5, 0.6) is 0 Å². The molecule has 0 radical (unpaired) electrons. The monoisotopic (exact) mass is 304 g/mol. The Kier molecular flexibility index (Phi) is 3.41. The highest BCUT2D eigenvalue weighted by molar-refractivity contribution is 9.10. The van der Waals surface area contributed by atoms with E-state index in [1.807, 2.05) is 37.3 Å². The molecule has 0 saturated heterocycles. The van der Waals surface area contributed by atoms with Crippen LogP contribution in [0.25, 0.3) is 11.3 Å². The number of aromatic nitrogens is 1. The standard InChI is InChI=1S/C13H9BrN2S/c1-8-5-10(7-15)13(17)16-12(8)9-3-2-4-11(14)6-9/h2-6H,1H3,(H,16,17). The van der Waals surface area contributed by atoms with Crippen LogP contribution in [0.15, 0.2) is 34.8 Å². The summed E-state index contributed by atoms with van der Waals surface area (Å²) >= 11 is 8.58. The van der Waals surface area contributed by atoms with Crippen molar-refractivity contribution in [2.75, 3.05) is 0 Å². The topological polar surface area (TPSA) is 39.6 Å². The zero-order chi connectivity index (χ0) is 12.4. The van der Waals surface area contributed by atoms with E-state index >= 15 is 0 Å². The van der Waals surface area contributed by atoms with Gasteiger partial charge in [-0.3, -0.25) is 0 Å². The molecular weight excluding hydrogens is 296 g/mol. The van der Waals surface area contributed by atoms with Gasteiger partial charge < -0.3 is 4.98 Å². The molecule has 1 aromatic heterocycles. The van der Waals surface area contributed by atoms with E-state index < -0.39 is 0 Å². The molecule has 0 saturated carbocycles. The number of aryl methyl sites for hydroxylation is 1. The molecule has 1 heterocycles. The Morgan fingerprint density at radius 3 is 2.76 bits per heavy atom. The lowest BCUT2D eigenvalue weighted by Crippen LogP contribution is -1.92. The number of rotatable bonds is 1. The largest absolute Gasteiger partial charge is 0.345 e. The second-order valence-corrected chi connectivity index (χ2v) is 5.02. The summed E-state index contributed by atoms with van der Waals surface area (Å²) in [6.45, 7) is 1.96. The van der Waals surface area contributed by atoms with Crippen LogP contribution in [0.1, 0.15) is 11.1 Å². The van der Waals surface area contributed by atoms with E-state index in [1.165, 1.54) is 0 Å². The third-order valence-corrected chi connectivity index (χ3v) is 3.29. The molecule has 17 heavy (non-hydrogen) atoms. The Morgan fingerprint density at radius 1 is 1.35 bits per heavy atom. The van der Waals surface area contributed by atoms with Crippen molar-refractivity contribution in [1.29, 1.82) is 5.26 Å². The summed E-state index contributed by atoms with van der Waals surface area (Å²) in [6, 6.07) is 11.8. The molecule has 0 unspecified atom stereocenters. The first-order chi connectivity index (χ1) is 8.11. The predicted molar refractivity (Wildman–Crippen MR) is 74.2 cm³/mol. The lowest BCUT2D eigenvalue weighted by atomic mass is 10.1. The van der Waals surface area contributed by atoms with Gasteiger partial charge in [-0.15, -0.1) is 0 Å². The highest BCUT2D eigenvalue weighted by Crippen LogP contribution is 2.24. The zero-order valence-electron chi connectivity index (χ0n) is 9.12. The van der Waals surface area contributed by atoms with Crippen molar-refractivity contribution >= 4 is 28.1 Å². The van der Waals surface area contributed by atoms with Crippen LogP contribution in [0.2, 0.25) is 0 Å². The average molecular weight is 305 g/mol. The number of halogens is 1. The smallest absolute Gasteiger partial charge is 0.121 e. The highest BCUT2D eigenvalue weighted by atomic mass is 79.9. The van der Waals surface area contributed by atoms with E-state index in [-0.39, 0.29) is 0 Å². The second kappa shape index (κ2) is 4.82. The first kappa shape index (κ1) is 12.0. The molecule has 0 atom stereocenters. The van der Waals surface area contributed by atoms with Crippen molar-refractivity contribution in [3.63, 3.8) is 0 Å². The lowest BCUT2D eigenvalue weighted by Gasteiger charge is -2.07. The summed E-state index contributed by atoms with van der Waals surface area (Å²) < 4.78 is 1.49. The summed E-state index contributed by atoms with van der Waals surface area (Å²) in [5.74, 6) is 0. The molecule has 2 rings (SSSR count). The molecule has 1 N–H and O–H groups in total. The number of nitrogens with zero attached hydrogens (tertiary/aromatic N) is 1. The highest BCUT2D eigenvalue weighted by Gasteiger charge is 2.05. The summed E-state index contributed by atoms with van der Waals surface area (Å²) in [5.41, 5.74) is 3.52. The first-order valence-corrected chi connectivity index (χ1v) is 6.22. The van der Waals surface area contributed by atoms with Gasteiger partial charge in [-0.25, -0.2) is 0 Å². The molecule has 4 heteroatoms. The molecule has 0 aliphatic heterocycles. The molecule has 2 nitrogen and oxygen atoms in total. The van der Waals surface area contributed by atoms with Crippen molar-refractivity contribution < 1.29 is 0 Å². The van der Waals surface area contributed by atoms with Gasteiger partial charge in [0.15, 0.2) is 0 Å². The summed E-state index contributed by atoms with van der Waals surface area (Å²) in [4.78, 5) is 3.11. The minimum atomic E-state index is 0.480. The van der Waals surface area contributed by atoms with Gasteiger partial charge in [-0.2, -0.15) is 5.26 Å². The van der Waals surface area contributed by atoms with Crippen molar-refractivity contribution in [3.05, 3.63) is 50.6 Å². The summed E-state index contributed by atoms with van der Waals surface area (Å²) in [6.07, 6.45) is 0. The zero-order valence-corrected chi connectivity index (χ0v) is 11.5. The Morgan fingerprint density at radius 2 is 2.12 bits per heavy atom. The molecule has 2 aromatic rings. The van der Waals surface area contributed by atoms with E-state index in [1.54, 1.807) is 0 Å². The van der Waals surface area contributed by atoms with Gasteiger partial charge in [-0.1, -0.05) is 40.3 Å². The van der Waals surface area contributed by atoms with Crippen LogP contribution in [0.3, 0.4) is 0 Å². The third kappa shape index (κ3) is 2.46. The minimum Gasteiger partial charge on any atom is -0.345 e. The molecule has 0 spiro atoms. The van der Waals surface area contributed by atoms with E-state index in [0.29, 0.717) is 10.2 Å². The Labute approximate surface area is 113 Å². The number of nitriles is 1. The quantitative estimate of drug-likeness (QED) is 0.795. The molecule has 1 aromatic carbocycles. The van der Waals surface area contributed by atoms with Crippen LogP contribution >= 0.6 is 28.1 Å². The number of hydrogen-bond acceptors (Lipinski definition) is 2. The van der Waals surface area contributed by atoms with Crippen LogP contribution in [-0.2, 0) is 0 Å². The molecule has 0 bridgehead atoms. The maximum absolute atomic E-state index is 8.90. The average Bonchev–Trinajstić information content (AvgIpc) is 2.31. The molecule has 0 fully saturated rings. The summed E-state index contributed by atoms with van der Waals surface area (Å²) in [7, 11) is 0. The van der Waals surface area contributed by atoms with Gasteiger partial charge in [0, 0.05) is 10.2 Å². The van der Waals surface area contributed by atoms with Crippen LogP contribution in [0.4, 0.5) is 0 Å². The molecule has 84 valence electrons. The van der Waals surface area contributed by atoms with Crippen molar-refractivity contribution in [3.8, 4) is 17.3 Å². The number of nitrogens with one attached hydrogen (secondary N) is 1.